The van der Waals surface area contributed by atoms with E-state index in [1.807, 2.05) is 0 Å². The normalized spacial score (nSPS) is 12.2. The molecule has 0 amide bonds. The fourth-order valence-electron chi connectivity index (χ4n) is 2.22. The number of hydrogen-bond donors (Lipinski definition) is 0. The first-order chi connectivity index (χ1) is 10.6. The molecule has 0 bridgehead atoms. The SMILES string of the molecule is O=S(=O)(c1ccc2nsnc2c1)n1ccc2nc(Cl)ccc21. The van der Waals surface area contributed by atoms with E-state index in [0.29, 0.717) is 27.2 Å². The molecule has 9 heteroatoms. The van der Waals surface area contributed by atoms with Crippen LogP contribution in [0.2, 0.25) is 5.15 Å². The van der Waals surface area contributed by atoms with Crippen LogP contribution < -0.4 is 0 Å². The van der Waals surface area contributed by atoms with Crippen molar-refractivity contribution in [3.05, 3.63) is 47.7 Å². The number of hydrogen-bond acceptors (Lipinski definition) is 6. The highest BCUT2D eigenvalue weighted by molar-refractivity contribution is 7.90. The lowest BCUT2D eigenvalue weighted by molar-refractivity contribution is 0.589. The van der Waals surface area contributed by atoms with Crippen molar-refractivity contribution in [3.63, 3.8) is 0 Å². The van der Waals surface area contributed by atoms with Crippen LogP contribution in [0.4, 0.5) is 0 Å². The van der Waals surface area contributed by atoms with Crippen LogP contribution in [0.15, 0.2) is 47.5 Å². The average Bonchev–Trinajstić information content (AvgIpc) is 3.12. The van der Waals surface area contributed by atoms with Gasteiger partial charge < -0.3 is 0 Å². The Morgan fingerprint density at radius 1 is 1.00 bits per heavy atom. The highest BCUT2D eigenvalue weighted by Crippen LogP contribution is 2.24. The summed E-state index contributed by atoms with van der Waals surface area (Å²) >= 11 is 6.88. The summed E-state index contributed by atoms with van der Waals surface area (Å²) in [5.74, 6) is 0. The van der Waals surface area contributed by atoms with Gasteiger partial charge in [-0.2, -0.15) is 8.75 Å². The maximum absolute atomic E-state index is 12.8. The predicted molar refractivity (Wildman–Crippen MR) is 84.7 cm³/mol. The van der Waals surface area contributed by atoms with Crippen LogP contribution >= 0.6 is 23.3 Å². The molecule has 0 aliphatic rings. The topological polar surface area (TPSA) is 77.7 Å². The highest BCUT2D eigenvalue weighted by atomic mass is 35.5. The summed E-state index contributed by atoms with van der Waals surface area (Å²) in [4.78, 5) is 4.26. The molecule has 0 unspecified atom stereocenters. The van der Waals surface area contributed by atoms with Crippen LogP contribution in [-0.2, 0) is 10.0 Å². The summed E-state index contributed by atoms with van der Waals surface area (Å²) in [6.45, 7) is 0. The van der Waals surface area contributed by atoms with Crippen LogP contribution in [-0.4, -0.2) is 26.1 Å². The Balaban J connectivity index is 1.95. The summed E-state index contributed by atoms with van der Waals surface area (Å²) in [5, 5.41) is 0.317. The van der Waals surface area contributed by atoms with Gasteiger partial charge in [-0.25, -0.2) is 17.4 Å². The Labute approximate surface area is 134 Å². The maximum Gasteiger partial charge on any atom is 0.268 e. The third-order valence-electron chi connectivity index (χ3n) is 3.26. The van der Waals surface area contributed by atoms with Gasteiger partial charge in [-0.3, -0.25) is 0 Å². The minimum atomic E-state index is -3.73. The van der Waals surface area contributed by atoms with Crippen LogP contribution in [0.3, 0.4) is 0 Å². The molecule has 3 heterocycles. The summed E-state index contributed by atoms with van der Waals surface area (Å²) in [6, 6.07) is 9.49. The van der Waals surface area contributed by atoms with Gasteiger partial charge in [0.2, 0.25) is 0 Å². The molecule has 0 radical (unpaired) electrons. The van der Waals surface area contributed by atoms with Gasteiger partial charge in [0.25, 0.3) is 10.0 Å². The first kappa shape index (κ1) is 13.6. The first-order valence-electron chi connectivity index (χ1n) is 6.17. The molecule has 1 aromatic carbocycles. The van der Waals surface area contributed by atoms with Crippen LogP contribution in [0.25, 0.3) is 22.1 Å². The molecule has 0 aliphatic heterocycles. The molecule has 0 aliphatic carbocycles. The van der Waals surface area contributed by atoms with E-state index in [1.165, 1.54) is 22.3 Å². The van der Waals surface area contributed by atoms with E-state index in [0.717, 1.165) is 11.7 Å². The Kier molecular flexibility index (Phi) is 2.93. The molecule has 0 fully saturated rings. The van der Waals surface area contributed by atoms with Crippen molar-refractivity contribution in [1.29, 1.82) is 0 Å². The first-order valence-corrected chi connectivity index (χ1v) is 8.72. The summed E-state index contributed by atoms with van der Waals surface area (Å²) in [5.41, 5.74) is 2.23. The average molecular weight is 351 g/mol. The van der Waals surface area contributed by atoms with Crippen LogP contribution in [0.1, 0.15) is 0 Å². The largest absolute Gasteiger partial charge is 0.268 e. The Hall–Kier alpha value is -2.03. The number of halogens is 1. The zero-order valence-electron chi connectivity index (χ0n) is 10.8. The molecule has 4 rings (SSSR count). The van der Waals surface area contributed by atoms with Gasteiger partial charge in [0.05, 0.1) is 27.7 Å². The van der Waals surface area contributed by atoms with Crippen molar-refractivity contribution >= 4 is 55.4 Å². The molecule has 0 saturated heterocycles. The lowest BCUT2D eigenvalue weighted by Gasteiger charge is -2.07. The zero-order chi connectivity index (χ0) is 15.3. The molecule has 0 saturated carbocycles. The Morgan fingerprint density at radius 3 is 2.68 bits per heavy atom. The number of aromatic nitrogens is 4. The summed E-state index contributed by atoms with van der Waals surface area (Å²) in [6.07, 6.45) is 1.47. The van der Waals surface area contributed by atoms with Crippen molar-refractivity contribution in [2.75, 3.05) is 0 Å². The molecule has 4 aromatic rings. The quantitative estimate of drug-likeness (QED) is 0.519. The number of fused-ring (bicyclic) bond motifs is 2. The molecule has 0 spiro atoms. The standard InChI is InChI=1S/C13H7ClN4O2S2/c14-13-4-3-12-10(15-13)5-6-18(12)22(19,20)8-1-2-9-11(7-8)17-21-16-9/h1-7H. The minimum Gasteiger partial charge on any atom is -0.240 e. The second-order valence-electron chi connectivity index (χ2n) is 4.57. The van der Waals surface area contributed by atoms with Crippen molar-refractivity contribution in [1.82, 2.24) is 17.7 Å². The molecule has 6 nitrogen and oxygen atoms in total. The number of benzene rings is 1. The monoisotopic (exact) mass is 350 g/mol. The highest BCUT2D eigenvalue weighted by Gasteiger charge is 2.20. The van der Waals surface area contributed by atoms with E-state index >= 15 is 0 Å². The smallest absolute Gasteiger partial charge is 0.240 e. The fraction of sp³-hybridized carbons (Fsp3) is 0. The van der Waals surface area contributed by atoms with E-state index in [-0.39, 0.29) is 4.90 Å². The zero-order valence-corrected chi connectivity index (χ0v) is 13.2. The van der Waals surface area contributed by atoms with E-state index in [4.69, 9.17) is 11.6 Å². The van der Waals surface area contributed by atoms with Crippen LogP contribution in [0.5, 0.6) is 0 Å². The molecule has 0 N–H and O–H groups in total. The van der Waals surface area contributed by atoms with Crippen molar-refractivity contribution < 1.29 is 8.42 Å². The van der Waals surface area contributed by atoms with Gasteiger partial charge in [0, 0.05) is 6.20 Å². The Morgan fingerprint density at radius 2 is 1.82 bits per heavy atom. The third-order valence-corrected chi connectivity index (χ3v) is 5.71. The van der Waals surface area contributed by atoms with Crippen LogP contribution in [0, 0.1) is 0 Å². The number of rotatable bonds is 2. The maximum atomic E-state index is 12.8. The van der Waals surface area contributed by atoms with Crippen molar-refractivity contribution in [2.24, 2.45) is 0 Å². The van der Waals surface area contributed by atoms with E-state index in [2.05, 4.69) is 13.7 Å². The van der Waals surface area contributed by atoms with E-state index < -0.39 is 10.0 Å². The molecule has 3 aromatic heterocycles. The lowest BCUT2D eigenvalue weighted by Crippen LogP contribution is -2.11. The third kappa shape index (κ3) is 1.99. The van der Waals surface area contributed by atoms with Gasteiger partial charge in [-0.15, -0.1) is 0 Å². The molecular formula is C13H7ClN4O2S2. The van der Waals surface area contributed by atoms with Gasteiger partial charge in [0.15, 0.2) is 0 Å². The lowest BCUT2D eigenvalue weighted by atomic mass is 10.3. The molecule has 110 valence electrons. The van der Waals surface area contributed by atoms with Gasteiger partial charge in [0.1, 0.15) is 16.2 Å². The van der Waals surface area contributed by atoms with Crippen molar-refractivity contribution in [2.45, 2.75) is 4.90 Å². The van der Waals surface area contributed by atoms with Gasteiger partial charge in [-0.1, -0.05) is 11.6 Å². The van der Waals surface area contributed by atoms with Gasteiger partial charge in [-0.05, 0) is 36.4 Å². The van der Waals surface area contributed by atoms with Gasteiger partial charge >= 0.3 is 0 Å². The van der Waals surface area contributed by atoms with E-state index in [9.17, 15) is 8.42 Å². The second kappa shape index (κ2) is 4.73. The number of pyridine rings is 1. The minimum absolute atomic E-state index is 0.153. The molecular weight excluding hydrogens is 344 g/mol. The Bertz CT molecular complexity index is 1120. The fourth-order valence-corrected chi connectivity index (χ4v) is 4.25. The van der Waals surface area contributed by atoms with E-state index in [1.54, 1.807) is 24.3 Å². The summed E-state index contributed by atoms with van der Waals surface area (Å²) < 4.78 is 35.0. The predicted octanol–water partition coefficient (Wildman–Crippen LogP) is 2.93. The van der Waals surface area contributed by atoms with Crippen molar-refractivity contribution in [3.8, 4) is 0 Å². The summed E-state index contributed by atoms with van der Waals surface area (Å²) in [7, 11) is -3.73. The second-order valence-corrected chi connectivity index (χ2v) is 7.30. The number of nitrogens with zero attached hydrogens (tertiary/aromatic N) is 4. The molecule has 22 heavy (non-hydrogen) atoms. The molecule has 0 atom stereocenters.